The average Bonchev–Trinajstić information content (AvgIpc) is 2.52. The van der Waals surface area contributed by atoms with E-state index in [-0.39, 0.29) is 12.2 Å². The van der Waals surface area contributed by atoms with E-state index in [4.69, 9.17) is 14.2 Å². The molecule has 0 aliphatic carbocycles. The molecule has 0 bridgehead atoms. The monoisotopic (exact) mass is 222 g/mol. The van der Waals surface area contributed by atoms with Crippen LogP contribution in [0.25, 0.3) is 0 Å². The molecule has 0 aromatic heterocycles. The van der Waals surface area contributed by atoms with Crippen LogP contribution in [-0.4, -0.2) is 19.0 Å². The summed E-state index contributed by atoms with van der Waals surface area (Å²) in [7, 11) is 1.66. The summed E-state index contributed by atoms with van der Waals surface area (Å²) in [5, 5.41) is 0. The van der Waals surface area contributed by atoms with Crippen molar-refractivity contribution in [2.45, 2.75) is 38.8 Å². The molecule has 1 aromatic carbocycles. The van der Waals surface area contributed by atoms with E-state index >= 15 is 0 Å². The van der Waals surface area contributed by atoms with Crippen LogP contribution in [0.15, 0.2) is 24.3 Å². The van der Waals surface area contributed by atoms with E-state index < -0.39 is 5.79 Å². The molecule has 0 radical (unpaired) electrons. The van der Waals surface area contributed by atoms with Gasteiger partial charge < -0.3 is 14.2 Å². The fourth-order valence-electron chi connectivity index (χ4n) is 2.07. The number of hydrogen-bond acceptors (Lipinski definition) is 3. The zero-order valence-electron chi connectivity index (χ0n) is 10.2. The maximum Gasteiger partial charge on any atom is 0.164 e. The Morgan fingerprint density at radius 2 is 1.75 bits per heavy atom. The highest BCUT2D eigenvalue weighted by Gasteiger charge is 2.39. The van der Waals surface area contributed by atoms with E-state index in [9.17, 15) is 0 Å². The van der Waals surface area contributed by atoms with Crippen molar-refractivity contribution in [2.75, 3.05) is 7.11 Å². The maximum absolute atomic E-state index is 5.86. The van der Waals surface area contributed by atoms with Gasteiger partial charge in [0.05, 0.1) is 13.2 Å². The van der Waals surface area contributed by atoms with Gasteiger partial charge in [-0.25, -0.2) is 0 Å². The van der Waals surface area contributed by atoms with Crippen LogP contribution in [0.5, 0.6) is 5.75 Å². The lowest BCUT2D eigenvalue weighted by Crippen LogP contribution is -2.20. The van der Waals surface area contributed by atoms with Crippen LogP contribution in [0.3, 0.4) is 0 Å². The average molecular weight is 222 g/mol. The van der Waals surface area contributed by atoms with E-state index in [2.05, 4.69) is 0 Å². The molecule has 1 aliphatic rings. The molecule has 0 amide bonds. The van der Waals surface area contributed by atoms with Crippen LogP contribution < -0.4 is 4.74 Å². The summed E-state index contributed by atoms with van der Waals surface area (Å²) in [6.07, 6.45) is 0.0734. The van der Waals surface area contributed by atoms with Crippen LogP contribution in [0.4, 0.5) is 0 Å². The minimum atomic E-state index is -0.496. The van der Waals surface area contributed by atoms with E-state index in [0.29, 0.717) is 0 Å². The predicted molar refractivity (Wildman–Crippen MR) is 61.4 cm³/mol. The summed E-state index contributed by atoms with van der Waals surface area (Å²) in [5.41, 5.74) is 1.12. The van der Waals surface area contributed by atoms with Crippen LogP contribution in [0.2, 0.25) is 0 Å². The maximum atomic E-state index is 5.86. The van der Waals surface area contributed by atoms with Gasteiger partial charge >= 0.3 is 0 Å². The molecule has 0 unspecified atom stereocenters. The van der Waals surface area contributed by atoms with E-state index in [1.165, 1.54) is 0 Å². The SMILES string of the molecule is COc1ccc([C@H]2OC(C)(C)O[C@H]2C)cc1. The Balaban J connectivity index is 2.18. The first kappa shape index (κ1) is 11.4. The highest BCUT2D eigenvalue weighted by atomic mass is 16.7. The molecule has 3 heteroatoms. The lowest BCUT2D eigenvalue weighted by Gasteiger charge is -2.17. The highest BCUT2D eigenvalue weighted by Crippen LogP contribution is 2.38. The molecule has 2 atom stereocenters. The normalized spacial score (nSPS) is 28.0. The first-order valence-electron chi connectivity index (χ1n) is 5.51. The Bertz CT molecular complexity index is 356. The van der Waals surface area contributed by atoms with Crippen molar-refractivity contribution in [1.29, 1.82) is 0 Å². The molecule has 0 spiro atoms. The Morgan fingerprint density at radius 1 is 1.12 bits per heavy atom. The highest BCUT2D eigenvalue weighted by molar-refractivity contribution is 5.29. The Kier molecular flexibility index (Phi) is 2.91. The second-order valence-corrected chi connectivity index (χ2v) is 4.53. The quantitative estimate of drug-likeness (QED) is 0.770. The van der Waals surface area contributed by atoms with Crippen molar-refractivity contribution >= 4 is 0 Å². The molecule has 1 heterocycles. The summed E-state index contributed by atoms with van der Waals surface area (Å²) < 4.78 is 16.7. The van der Waals surface area contributed by atoms with Gasteiger partial charge in [-0.05, 0) is 38.5 Å². The number of hydrogen-bond donors (Lipinski definition) is 0. The van der Waals surface area contributed by atoms with Crippen LogP contribution >= 0.6 is 0 Å². The predicted octanol–water partition coefficient (Wildman–Crippen LogP) is 2.91. The van der Waals surface area contributed by atoms with Crippen molar-refractivity contribution in [1.82, 2.24) is 0 Å². The van der Waals surface area contributed by atoms with Crippen LogP contribution in [0.1, 0.15) is 32.4 Å². The summed E-state index contributed by atoms with van der Waals surface area (Å²) in [5.74, 6) is 0.360. The minimum Gasteiger partial charge on any atom is -0.497 e. The Morgan fingerprint density at radius 3 is 2.19 bits per heavy atom. The molecule has 1 saturated heterocycles. The van der Waals surface area contributed by atoms with Gasteiger partial charge in [-0.2, -0.15) is 0 Å². The van der Waals surface area contributed by atoms with Crippen molar-refractivity contribution < 1.29 is 14.2 Å². The largest absolute Gasteiger partial charge is 0.497 e. The molecule has 0 saturated carbocycles. The van der Waals surface area contributed by atoms with Gasteiger partial charge in [0.2, 0.25) is 0 Å². The second-order valence-electron chi connectivity index (χ2n) is 4.53. The molecular formula is C13H18O3. The van der Waals surface area contributed by atoms with Gasteiger partial charge in [0.15, 0.2) is 5.79 Å². The molecule has 0 N–H and O–H groups in total. The molecule has 1 aromatic rings. The molecule has 3 nitrogen and oxygen atoms in total. The third-order valence-electron chi connectivity index (χ3n) is 2.75. The lowest BCUT2D eigenvalue weighted by molar-refractivity contribution is -0.145. The molecule has 1 aliphatic heterocycles. The molecular weight excluding hydrogens is 204 g/mol. The number of rotatable bonds is 2. The van der Waals surface area contributed by atoms with Gasteiger partial charge in [-0.15, -0.1) is 0 Å². The minimum absolute atomic E-state index is 0.000839. The first-order chi connectivity index (χ1) is 7.52. The van der Waals surface area contributed by atoms with Crippen LogP contribution in [0, 0.1) is 0 Å². The fourth-order valence-corrected chi connectivity index (χ4v) is 2.07. The Labute approximate surface area is 96.3 Å². The summed E-state index contributed by atoms with van der Waals surface area (Å²) >= 11 is 0. The van der Waals surface area contributed by atoms with Gasteiger partial charge in [0.1, 0.15) is 11.9 Å². The van der Waals surface area contributed by atoms with E-state index in [1.54, 1.807) is 7.11 Å². The summed E-state index contributed by atoms with van der Waals surface area (Å²) in [6, 6.07) is 7.92. The van der Waals surface area contributed by atoms with Gasteiger partial charge in [-0.1, -0.05) is 12.1 Å². The fraction of sp³-hybridized carbons (Fsp3) is 0.538. The number of benzene rings is 1. The third kappa shape index (κ3) is 2.20. The standard InChI is InChI=1S/C13H18O3/c1-9-12(16-13(2,3)15-9)10-5-7-11(14-4)8-6-10/h5-9,12H,1-4H3/t9-,12-/m0/s1. The van der Waals surface area contributed by atoms with Gasteiger partial charge in [-0.3, -0.25) is 0 Å². The summed E-state index contributed by atoms with van der Waals surface area (Å²) in [6.45, 7) is 5.91. The van der Waals surface area contributed by atoms with Crippen molar-refractivity contribution in [3.05, 3.63) is 29.8 Å². The Hall–Kier alpha value is -1.06. The molecule has 88 valence electrons. The second kappa shape index (κ2) is 4.07. The molecule has 16 heavy (non-hydrogen) atoms. The summed E-state index contributed by atoms with van der Waals surface area (Å²) in [4.78, 5) is 0. The topological polar surface area (TPSA) is 27.7 Å². The van der Waals surface area contributed by atoms with Crippen molar-refractivity contribution in [2.24, 2.45) is 0 Å². The number of ether oxygens (including phenoxy) is 3. The lowest BCUT2D eigenvalue weighted by atomic mass is 10.1. The van der Waals surface area contributed by atoms with Gasteiger partial charge in [0, 0.05) is 0 Å². The first-order valence-corrected chi connectivity index (χ1v) is 5.51. The van der Waals surface area contributed by atoms with Crippen LogP contribution in [-0.2, 0) is 9.47 Å². The molecule has 2 rings (SSSR count). The van der Waals surface area contributed by atoms with Gasteiger partial charge in [0.25, 0.3) is 0 Å². The zero-order valence-corrected chi connectivity index (χ0v) is 10.2. The smallest absolute Gasteiger partial charge is 0.164 e. The van der Waals surface area contributed by atoms with Crippen molar-refractivity contribution in [3.8, 4) is 5.75 Å². The zero-order chi connectivity index (χ0) is 11.8. The molecule has 1 fully saturated rings. The third-order valence-corrected chi connectivity index (χ3v) is 2.75. The number of methoxy groups -OCH3 is 1. The van der Waals surface area contributed by atoms with E-state index in [0.717, 1.165) is 11.3 Å². The van der Waals surface area contributed by atoms with Crippen molar-refractivity contribution in [3.63, 3.8) is 0 Å². The van der Waals surface area contributed by atoms with E-state index in [1.807, 2.05) is 45.0 Å².